The van der Waals surface area contributed by atoms with Crippen molar-refractivity contribution in [3.63, 3.8) is 0 Å². The number of ether oxygens (including phenoxy) is 1. The van der Waals surface area contributed by atoms with Gasteiger partial charge >= 0.3 is 6.03 Å². The zero-order chi connectivity index (χ0) is 16.8. The zero-order valence-electron chi connectivity index (χ0n) is 13.6. The summed E-state index contributed by atoms with van der Waals surface area (Å²) in [5.41, 5.74) is 1.46. The number of aromatic nitrogens is 2. The summed E-state index contributed by atoms with van der Waals surface area (Å²) in [6.45, 7) is 5.00. The Morgan fingerprint density at radius 1 is 1.21 bits per heavy atom. The highest BCUT2D eigenvalue weighted by atomic mass is 16.5. The quantitative estimate of drug-likeness (QED) is 0.900. The van der Waals surface area contributed by atoms with Gasteiger partial charge in [0.2, 0.25) is 0 Å². The largest absolute Gasteiger partial charge is 0.378 e. The molecule has 0 saturated carbocycles. The third-order valence-corrected chi connectivity index (χ3v) is 3.82. The SMILES string of the molecule is C[C@@H](NC(=O)Nc1ccc(N2CCOCC2)nc1)c1ccccn1. The van der Waals surface area contributed by atoms with E-state index >= 15 is 0 Å². The van der Waals surface area contributed by atoms with Gasteiger partial charge in [-0.2, -0.15) is 0 Å². The van der Waals surface area contributed by atoms with Crippen molar-refractivity contribution in [2.45, 2.75) is 13.0 Å². The van der Waals surface area contributed by atoms with Crippen LogP contribution in [0.4, 0.5) is 16.3 Å². The molecule has 3 heterocycles. The van der Waals surface area contributed by atoms with Crippen LogP contribution in [-0.4, -0.2) is 42.3 Å². The molecule has 0 spiro atoms. The Bertz CT molecular complexity index is 656. The second-order valence-electron chi connectivity index (χ2n) is 5.58. The molecule has 1 aliphatic rings. The number of hydrogen-bond donors (Lipinski definition) is 2. The molecule has 2 aromatic rings. The summed E-state index contributed by atoms with van der Waals surface area (Å²) in [7, 11) is 0. The lowest BCUT2D eigenvalue weighted by Gasteiger charge is -2.27. The molecular weight excluding hydrogens is 306 g/mol. The third kappa shape index (κ3) is 4.20. The van der Waals surface area contributed by atoms with E-state index in [9.17, 15) is 4.79 Å². The second-order valence-corrected chi connectivity index (χ2v) is 5.58. The van der Waals surface area contributed by atoms with Gasteiger partial charge in [0.05, 0.1) is 36.8 Å². The molecule has 7 heteroatoms. The van der Waals surface area contributed by atoms with Crippen LogP contribution in [0.3, 0.4) is 0 Å². The average molecular weight is 327 g/mol. The average Bonchev–Trinajstić information content (AvgIpc) is 2.64. The molecule has 3 rings (SSSR count). The summed E-state index contributed by atoms with van der Waals surface area (Å²) in [5.74, 6) is 0.895. The Balaban J connectivity index is 1.54. The summed E-state index contributed by atoms with van der Waals surface area (Å²) in [5, 5.41) is 5.64. The molecule has 24 heavy (non-hydrogen) atoms. The lowest BCUT2D eigenvalue weighted by Crippen LogP contribution is -2.36. The van der Waals surface area contributed by atoms with E-state index in [1.807, 2.05) is 37.3 Å². The van der Waals surface area contributed by atoms with Crippen molar-refractivity contribution >= 4 is 17.5 Å². The van der Waals surface area contributed by atoms with Gasteiger partial charge in [-0.05, 0) is 31.2 Å². The maximum atomic E-state index is 12.1. The summed E-state index contributed by atoms with van der Waals surface area (Å²) in [6.07, 6.45) is 3.37. The number of amides is 2. The molecule has 126 valence electrons. The standard InChI is InChI=1S/C17H21N5O2/c1-13(15-4-2-3-7-18-15)20-17(23)21-14-5-6-16(19-12-14)22-8-10-24-11-9-22/h2-7,12-13H,8-11H2,1H3,(H2,20,21,23)/t13-/m1/s1. The highest BCUT2D eigenvalue weighted by molar-refractivity contribution is 5.89. The van der Waals surface area contributed by atoms with Crippen molar-refractivity contribution in [2.75, 3.05) is 36.5 Å². The molecular formula is C17H21N5O2. The summed E-state index contributed by atoms with van der Waals surface area (Å²) >= 11 is 0. The Labute approximate surface area is 141 Å². The molecule has 1 aliphatic heterocycles. The van der Waals surface area contributed by atoms with Gasteiger partial charge in [0.15, 0.2) is 0 Å². The molecule has 0 aliphatic carbocycles. The fraction of sp³-hybridized carbons (Fsp3) is 0.353. The Morgan fingerprint density at radius 2 is 2.04 bits per heavy atom. The predicted octanol–water partition coefficient (Wildman–Crippen LogP) is 2.20. The van der Waals surface area contributed by atoms with Crippen molar-refractivity contribution in [2.24, 2.45) is 0 Å². The fourth-order valence-electron chi connectivity index (χ4n) is 2.51. The van der Waals surface area contributed by atoms with Crippen molar-refractivity contribution in [3.8, 4) is 0 Å². The molecule has 1 atom stereocenters. The molecule has 0 aromatic carbocycles. The number of nitrogens with one attached hydrogen (secondary N) is 2. The number of anilines is 2. The van der Waals surface area contributed by atoms with Gasteiger partial charge in [0.25, 0.3) is 0 Å². The number of hydrogen-bond acceptors (Lipinski definition) is 5. The normalized spacial score (nSPS) is 15.6. The molecule has 1 saturated heterocycles. The number of morpholine rings is 1. The number of rotatable bonds is 4. The van der Waals surface area contributed by atoms with E-state index in [2.05, 4.69) is 25.5 Å². The minimum Gasteiger partial charge on any atom is -0.378 e. The van der Waals surface area contributed by atoms with E-state index in [-0.39, 0.29) is 12.1 Å². The fourth-order valence-corrected chi connectivity index (χ4v) is 2.51. The van der Waals surface area contributed by atoms with Crippen LogP contribution < -0.4 is 15.5 Å². The van der Waals surface area contributed by atoms with E-state index in [4.69, 9.17) is 4.74 Å². The van der Waals surface area contributed by atoms with Crippen LogP contribution in [0.1, 0.15) is 18.7 Å². The minimum absolute atomic E-state index is 0.174. The molecule has 0 unspecified atom stereocenters. The minimum atomic E-state index is -0.283. The Hall–Kier alpha value is -2.67. The van der Waals surface area contributed by atoms with Crippen LogP contribution in [0.15, 0.2) is 42.7 Å². The van der Waals surface area contributed by atoms with E-state index in [1.165, 1.54) is 0 Å². The summed E-state index contributed by atoms with van der Waals surface area (Å²) < 4.78 is 5.33. The van der Waals surface area contributed by atoms with Crippen LogP contribution in [0.25, 0.3) is 0 Å². The van der Waals surface area contributed by atoms with Crippen molar-refractivity contribution < 1.29 is 9.53 Å². The van der Waals surface area contributed by atoms with Gasteiger partial charge in [-0.25, -0.2) is 9.78 Å². The van der Waals surface area contributed by atoms with Gasteiger partial charge in [0.1, 0.15) is 5.82 Å². The number of carbonyl (C=O) groups excluding carboxylic acids is 1. The topological polar surface area (TPSA) is 79.4 Å². The first-order valence-corrected chi connectivity index (χ1v) is 7.99. The van der Waals surface area contributed by atoms with Crippen LogP contribution in [0.2, 0.25) is 0 Å². The molecule has 2 aromatic heterocycles. The van der Waals surface area contributed by atoms with E-state index in [0.717, 1.165) is 37.8 Å². The smallest absolute Gasteiger partial charge is 0.319 e. The van der Waals surface area contributed by atoms with Crippen molar-refractivity contribution in [3.05, 3.63) is 48.4 Å². The van der Waals surface area contributed by atoms with Crippen LogP contribution in [0.5, 0.6) is 0 Å². The highest BCUT2D eigenvalue weighted by Crippen LogP contribution is 2.16. The number of pyridine rings is 2. The van der Waals surface area contributed by atoms with E-state index in [1.54, 1.807) is 12.4 Å². The van der Waals surface area contributed by atoms with Crippen LogP contribution in [-0.2, 0) is 4.74 Å². The molecule has 7 nitrogen and oxygen atoms in total. The zero-order valence-corrected chi connectivity index (χ0v) is 13.6. The predicted molar refractivity (Wildman–Crippen MR) is 92.1 cm³/mol. The third-order valence-electron chi connectivity index (χ3n) is 3.82. The summed E-state index contributed by atoms with van der Waals surface area (Å²) in [4.78, 5) is 22.9. The van der Waals surface area contributed by atoms with E-state index in [0.29, 0.717) is 5.69 Å². The maximum absolute atomic E-state index is 12.1. The van der Waals surface area contributed by atoms with Crippen LogP contribution in [0, 0.1) is 0 Å². The van der Waals surface area contributed by atoms with Gasteiger partial charge < -0.3 is 20.3 Å². The first kappa shape index (κ1) is 16.2. The van der Waals surface area contributed by atoms with Gasteiger partial charge in [-0.15, -0.1) is 0 Å². The van der Waals surface area contributed by atoms with Gasteiger partial charge in [0, 0.05) is 19.3 Å². The number of carbonyl (C=O) groups is 1. The highest BCUT2D eigenvalue weighted by Gasteiger charge is 2.13. The Morgan fingerprint density at radius 3 is 2.71 bits per heavy atom. The lowest BCUT2D eigenvalue weighted by molar-refractivity contribution is 0.122. The van der Waals surface area contributed by atoms with Gasteiger partial charge in [-0.3, -0.25) is 4.98 Å². The monoisotopic (exact) mass is 327 g/mol. The molecule has 0 bridgehead atoms. The number of urea groups is 1. The van der Waals surface area contributed by atoms with Crippen molar-refractivity contribution in [1.29, 1.82) is 0 Å². The summed E-state index contributed by atoms with van der Waals surface area (Å²) in [6, 6.07) is 8.92. The number of nitrogens with zero attached hydrogens (tertiary/aromatic N) is 3. The molecule has 0 radical (unpaired) electrons. The Kier molecular flexibility index (Phi) is 5.22. The maximum Gasteiger partial charge on any atom is 0.319 e. The van der Waals surface area contributed by atoms with Crippen molar-refractivity contribution in [1.82, 2.24) is 15.3 Å². The van der Waals surface area contributed by atoms with E-state index < -0.39 is 0 Å². The first-order chi connectivity index (χ1) is 11.7. The molecule has 2 amide bonds. The van der Waals surface area contributed by atoms with Gasteiger partial charge in [-0.1, -0.05) is 6.07 Å². The second kappa shape index (κ2) is 7.74. The van der Waals surface area contributed by atoms with Crippen LogP contribution >= 0.6 is 0 Å². The first-order valence-electron chi connectivity index (χ1n) is 7.99. The lowest BCUT2D eigenvalue weighted by atomic mass is 10.2. The molecule has 1 fully saturated rings. The molecule has 2 N–H and O–H groups in total.